The Morgan fingerprint density at radius 2 is 1.08 bits per heavy atom. The summed E-state index contributed by atoms with van der Waals surface area (Å²) < 4.78 is 0. The molecule has 0 radical (unpaired) electrons. The van der Waals surface area contributed by atoms with Crippen LogP contribution < -0.4 is 0 Å². The molecule has 0 atom stereocenters. The molecule has 1 aromatic carbocycles. The van der Waals surface area contributed by atoms with Gasteiger partial charge in [0.25, 0.3) is 0 Å². The average molecular weight is 342 g/mol. The van der Waals surface area contributed by atoms with Crippen molar-refractivity contribution in [3.8, 4) is 0 Å². The molecular formula is C21H30N2O2. The van der Waals surface area contributed by atoms with Crippen LogP contribution in [0.4, 0.5) is 0 Å². The van der Waals surface area contributed by atoms with Gasteiger partial charge >= 0.3 is 0 Å². The second kappa shape index (κ2) is 13.3. The second-order valence-electron chi connectivity index (χ2n) is 6.94. The van der Waals surface area contributed by atoms with Crippen LogP contribution in [-0.4, -0.2) is 12.2 Å². The second-order valence-corrected chi connectivity index (χ2v) is 6.94. The van der Waals surface area contributed by atoms with Crippen molar-refractivity contribution in [1.82, 2.24) is 0 Å². The molecule has 2 saturated carbocycles. The Hall–Kier alpha value is -2.02. The van der Waals surface area contributed by atoms with Crippen molar-refractivity contribution in [2.24, 2.45) is 11.8 Å². The third-order valence-corrected chi connectivity index (χ3v) is 5.50. The van der Waals surface area contributed by atoms with Crippen LogP contribution >= 0.6 is 0 Å². The lowest BCUT2D eigenvalue weighted by atomic mass is 9.67. The molecule has 0 amide bonds. The number of hydrogen-bond donors (Lipinski definition) is 2. The van der Waals surface area contributed by atoms with Crippen molar-refractivity contribution in [2.45, 2.75) is 70.1 Å². The zero-order valence-corrected chi connectivity index (χ0v) is 15.0. The highest BCUT2D eigenvalue weighted by Gasteiger charge is 2.32. The minimum Gasteiger partial charge on any atom is -0.222 e. The monoisotopic (exact) mass is 342 g/mol. The van der Waals surface area contributed by atoms with Crippen LogP contribution in [0.3, 0.4) is 0 Å². The molecule has 2 aliphatic carbocycles. The minimum absolute atomic E-state index is 0.750. The van der Waals surface area contributed by atoms with E-state index in [1.54, 1.807) is 5.56 Å². The minimum atomic E-state index is 0.750. The smallest absolute Gasteiger partial charge is 0.222 e. The maximum absolute atomic E-state index is 8.35. The highest BCUT2D eigenvalue weighted by Crippen LogP contribution is 2.45. The van der Waals surface area contributed by atoms with E-state index in [1.807, 2.05) is 0 Å². The van der Waals surface area contributed by atoms with Crippen molar-refractivity contribution in [2.75, 3.05) is 0 Å². The highest BCUT2D eigenvalue weighted by molar-refractivity contribution is 5.26. The van der Waals surface area contributed by atoms with E-state index in [4.69, 9.17) is 20.4 Å². The number of nitrogens with one attached hydrogen (secondary N) is 2. The third kappa shape index (κ3) is 7.60. The van der Waals surface area contributed by atoms with Crippen LogP contribution in [0.5, 0.6) is 0 Å². The first-order valence-electron chi connectivity index (χ1n) is 9.41. The van der Waals surface area contributed by atoms with Gasteiger partial charge in [-0.05, 0) is 49.0 Å². The Labute approximate surface area is 151 Å². The predicted octanol–water partition coefficient (Wildman–Crippen LogP) is 5.73. The molecule has 0 heterocycles. The molecule has 4 heteroatoms. The summed E-state index contributed by atoms with van der Waals surface area (Å²) in [5.74, 6) is 2.81. The van der Waals surface area contributed by atoms with Crippen molar-refractivity contribution >= 4 is 12.2 Å². The van der Waals surface area contributed by atoms with Gasteiger partial charge in [-0.15, -0.1) is 0 Å². The van der Waals surface area contributed by atoms with E-state index >= 15 is 0 Å². The van der Waals surface area contributed by atoms with Gasteiger partial charge < -0.3 is 0 Å². The van der Waals surface area contributed by atoms with E-state index in [9.17, 15) is 0 Å². The molecule has 0 saturated heterocycles. The van der Waals surface area contributed by atoms with Crippen molar-refractivity contribution in [1.29, 1.82) is 10.8 Å². The standard InChI is InChI=1S/C19H28.2CHNO/c1-4-10-16(11-5-1)19(17-12-6-2-7-13-17)18-14-8-3-9-15-18;2*2-1-3/h1,4-5,10-11,17-19H,2-3,6-9,12-15H2;2*2H. The van der Waals surface area contributed by atoms with Gasteiger partial charge in [-0.3, -0.25) is 0 Å². The lowest BCUT2D eigenvalue weighted by Gasteiger charge is -2.38. The number of rotatable bonds is 3. The summed E-state index contributed by atoms with van der Waals surface area (Å²) in [6.45, 7) is 0. The molecule has 0 aromatic heterocycles. The lowest BCUT2D eigenvalue weighted by Crippen LogP contribution is -2.25. The van der Waals surface area contributed by atoms with E-state index in [0.717, 1.165) is 29.9 Å². The largest absolute Gasteiger partial charge is 0.231 e. The summed E-state index contributed by atoms with van der Waals surface area (Å²) in [5, 5.41) is 10.8. The van der Waals surface area contributed by atoms with Gasteiger partial charge in [0.05, 0.1) is 0 Å². The number of hydrogen-bond acceptors (Lipinski definition) is 4. The van der Waals surface area contributed by atoms with E-state index in [1.165, 1.54) is 64.2 Å². The summed E-state index contributed by atoms with van der Waals surface area (Å²) in [6.07, 6.45) is 16.3. The third-order valence-electron chi connectivity index (χ3n) is 5.50. The van der Waals surface area contributed by atoms with Crippen LogP contribution in [0, 0.1) is 22.7 Å². The van der Waals surface area contributed by atoms with Gasteiger partial charge in [-0.1, -0.05) is 68.9 Å². The van der Waals surface area contributed by atoms with Crippen molar-refractivity contribution in [3.05, 3.63) is 35.9 Å². The van der Waals surface area contributed by atoms with Gasteiger partial charge in [0.2, 0.25) is 12.2 Å². The fourth-order valence-corrected chi connectivity index (χ4v) is 4.59. The predicted molar refractivity (Wildman–Crippen MR) is 99.2 cm³/mol. The van der Waals surface area contributed by atoms with E-state index in [2.05, 4.69) is 30.3 Å². The Morgan fingerprint density at radius 3 is 1.44 bits per heavy atom. The molecule has 2 fully saturated rings. The molecule has 0 bridgehead atoms. The summed E-state index contributed by atoms with van der Waals surface area (Å²) >= 11 is 0. The summed E-state index contributed by atoms with van der Waals surface area (Å²) in [6, 6.07) is 11.5. The maximum atomic E-state index is 8.35. The normalized spacial score (nSPS) is 18.0. The Morgan fingerprint density at radius 1 is 0.720 bits per heavy atom. The van der Waals surface area contributed by atoms with E-state index < -0.39 is 0 Å². The van der Waals surface area contributed by atoms with Gasteiger partial charge in [0, 0.05) is 0 Å². The SMILES string of the molecule is N=C=O.N=C=O.c1ccc(C(C2CCCCC2)C2CCCCC2)cc1. The fraction of sp³-hybridized carbons (Fsp3) is 0.619. The lowest BCUT2D eigenvalue weighted by molar-refractivity contribution is 0.202. The first-order valence-corrected chi connectivity index (χ1v) is 9.41. The molecule has 2 aliphatic rings. The first-order chi connectivity index (χ1) is 12.3. The molecule has 1 aromatic rings. The molecule has 25 heavy (non-hydrogen) atoms. The Kier molecular flexibility index (Phi) is 11.2. The molecule has 0 aliphatic heterocycles. The molecular weight excluding hydrogens is 312 g/mol. The average Bonchev–Trinajstić information content (AvgIpc) is 2.66. The molecule has 4 nitrogen and oxygen atoms in total. The quantitative estimate of drug-likeness (QED) is 0.543. The Bertz CT molecular complexity index is 490. The summed E-state index contributed by atoms with van der Waals surface area (Å²) in [7, 11) is 0. The molecule has 3 rings (SSSR count). The topological polar surface area (TPSA) is 81.8 Å². The van der Waals surface area contributed by atoms with Crippen LogP contribution in [0.1, 0.15) is 75.7 Å². The van der Waals surface area contributed by atoms with E-state index in [0.29, 0.717) is 0 Å². The summed E-state index contributed by atoms with van der Waals surface area (Å²) in [4.78, 5) is 16.7. The first kappa shape index (κ1) is 21.0. The van der Waals surface area contributed by atoms with Crippen LogP contribution in [-0.2, 0) is 9.59 Å². The van der Waals surface area contributed by atoms with Crippen LogP contribution in [0.2, 0.25) is 0 Å². The van der Waals surface area contributed by atoms with Crippen molar-refractivity contribution in [3.63, 3.8) is 0 Å². The van der Waals surface area contributed by atoms with Gasteiger partial charge in [-0.2, -0.15) is 0 Å². The molecule has 0 spiro atoms. The number of isocyanates is 2. The van der Waals surface area contributed by atoms with Gasteiger partial charge in [0.15, 0.2) is 0 Å². The van der Waals surface area contributed by atoms with E-state index in [-0.39, 0.29) is 0 Å². The number of carbonyl (C=O) groups excluding carboxylic acids is 2. The maximum Gasteiger partial charge on any atom is 0.231 e. The Balaban J connectivity index is 0.000000460. The molecule has 2 N–H and O–H groups in total. The number of benzene rings is 1. The van der Waals surface area contributed by atoms with Gasteiger partial charge in [0.1, 0.15) is 0 Å². The van der Waals surface area contributed by atoms with Gasteiger partial charge in [-0.25, -0.2) is 20.4 Å². The molecule has 136 valence electrons. The zero-order chi connectivity index (χ0) is 18.3. The van der Waals surface area contributed by atoms with Crippen LogP contribution in [0.15, 0.2) is 30.3 Å². The summed E-state index contributed by atoms with van der Waals surface area (Å²) in [5.41, 5.74) is 1.64. The van der Waals surface area contributed by atoms with Crippen molar-refractivity contribution < 1.29 is 9.59 Å². The fourth-order valence-electron chi connectivity index (χ4n) is 4.59. The highest BCUT2D eigenvalue weighted by atomic mass is 16.1. The zero-order valence-electron chi connectivity index (χ0n) is 15.0. The molecule has 0 unspecified atom stereocenters. The van der Waals surface area contributed by atoms with Crippen LogP contribution in [0.25, 0.3) is 0 Å².